The summed E-state index contributed by atoms with van der Waals surface area (Å²) in [5.74, 6) is 0. The Kier molecular flexibility index (Phi) is 2.52. The Hall–Kier alpha value is -0.0800. The first kappa shape index (κ1) is 10.1. The van der Waals surface area contributed by atoms with Gasteiger partial charge in [-0.05, 0) is 43.9 Å². The quantitative estimate of drug-likeness (QED) is 0.715. The Morgan fingerprint density at radius 2 is 1.53 bits per heavy atom. The molecule has 0 aromatic rings. The minimum atomic E-state index is 0.00275. The molecule has 0 bridgehead atoms. The molecule has 0 atom stereocenters. The van der Waals surface area contributed by atoms with E-state index in [0.29, 0.717) is 0 Å². The van der Waals surface area contributed by atoms with Crippen molar-refractivity contribution in [2.45, 2.75) is 63.5 Å². The van der Waals surface area contributed by atoms with Crippen LogP contribution in [-0.4, -0.2) is 35.2 Å². The predicted octanol–water partition coefficient (Wildman–Crippen LogP) is 2.17. The molecule has 1 heterocycles. The zero-order chi connectivity index (χ0) is 10.3. The van der Waals surface area contributed by atoms with E-state index in [1.165, 1.54) is 51.6 Å². The lowest BCUT2D eigenvalue weighted by atomic mass is 9.76. The normalized spacial score (nSPS) is 40.6. The summed E-state index contributed by atoms with van der Waals surface area (Å²) < 4.78 is 0. The molecule has 1 aliphatic heterocycles. The molecule has 2 nitrogen and oxygen atoms in total. The summed E-state index contributed by atoms with van der Waals surface area (Å²) in [6, 6.07) is 0.805. The maximum absolute atomic E-state index is 9.49. The van der Waals surface area contributed by atoms with Gasteiger partial charge in [-0.2, -0.15) is 0 Å². The minimum absolute atomic E-state index is 0.00275. The van der Waals surface area contributed by atoms with Crippen molar-refractivity contribution in [3.05, 3.63) is 0 Å². The lowest BCUT2D eigenvalue weighted by Crippen LogP contribution is -2.59. The van der Waals surface area contributed by atoms with E-state index in [-0.39, 0.29) is 6.10 Å². The van der Waals surface area contributed by atoms with Gasteiger partial charge in [-0.25, -0.2) is 0 Å². The van der Waals surface area contributed by atoms with E-state index in [1.54, 1.807) is 0 Å². The van der Waals surface area contributed by atoms with Gasteiger partial charge in [0, 0.05) is 19.1 Å². The molecule has 2 heteroatoms. The largest absolute Gasteiger partial charge is 0.393 e. The zero-order valence-electron chi connectivity index (χ0n) is 9.62. The van der Waals surface area contributed by atoms with Crippen LogP contribution in [0.4, 0.5) is 0 Å². The molecule has 2 aliphatic carbocycles. The lowest BCUT2D eigenvalue weighted by molar-refractivity contribution is -0.0474. The van der Waals surface area contributed by atoms with Crippen molar-refractivity contribution in [2.75, 3.05) is 13.1 Å². The van der Waals surface area contributed by atoms with Crippen LogP contribution in [0.3, 0.4) is 0 Å². The molecule has 3 rings (SSSR count). The third kappa shape index (κ3) is 1.83. The number of aliphatic hydroxyl groups is 1. The molecule has 86 valence electrons. The molecule has 2 saturated carbocycles. The maximum Gasteiger partial charge on any atom is 0.0541 e. The Labute approximate surface area is 92.7 Å². The Morgan fingerprint density at radius 3 is 2.13 bits per heavy atom. The average Bonchev–Trinajstić information content (AvgIpc) is 2.66. The van der Waals surface area contributed by atoms with Gasteiger partial charge in [0.1, 0.15) is 0 Å². The van der Waals surface area contributed by atoms with Gasteiger partial charge in [0.25, 0.3) is 0 Å². The van der Waals surface area contributed by atoms with Crippen LogP contribution in [0, 0.1) is 5.41 Å². The van der Waals surface area contributed by atoms with Crippen molar-refractivity contribution in [1.29, 1.82) is 0 Å². The van der Waals surface area contributed by atoms with Crippen LogP contribution < -0.4 is 0 Å². The van der Waals surface area contributed by atoms with Gasteiger partial charge in [0.2, 0.25) is 0 Å². The molecule has 1 N–H and O–H groups in total. The molecule has 0 radical (unpaired) electrons. The number of hydrogen-bond acceptors (Lipinski definition) is 2. The van der Waals surface area contributed by atoms with Crippen LogP contribution in [0.15, 0.2) is 0 Å². The Morgan fingerprint density at radius 1 is 0.933 bits per heavy atom. The van der Waals surface area contributed by atoms with Crippen LogP contribution >= 0.6 is 0 Å². The summed E-state index contributed by atoms with van der Waals surface area (Å²) in [4.78, 5) is 2.69. The van der Waals surface area contributed by atoms with Gasteiger partial charge >= 0.3 is 0 Å². The highest BCUT2D eigenvalue weighted by Gasteiger charge is 2.46. The predicted molar refractivity (Wildman–Crippen MR) is 60.7 cm³/mol. The second kappa shape index (κ2) is 3.74. The van der Waals surface area contributed by atoms with Gasteiger partial charge in [0.05, 0.1) is 6.10 Å². The van der Waals surface area contributed by atoms with Gasteiger partial charge < -0.3 is 5.11 Å². The molecule has 1 saturated heterocycles. The van der Waals surface area contributed by atoms with Crippen LogP contribution in [0.5, 0.6) is 0 Å². The van der Waals surface area contributed by atoms with Gasteiger partial charge in [-0.1, -0.05) is 12.8 Å². The number of hydrogen-bond donors (Lipinski definition) is 1. The molecule has 0 aromatic heterocycles. The van der Waals surface area contributed by atoms with E-state index in [1.807, 2.05) is 0 Å². The Bertz CT molecular complexity index is 219. The van der Waals surface area contributed by atoms with E-state index >= 15 is 0 Å². The van der Waals surface area contributed by atoms with E-state index in [9.17, 15) is 5.11 Å². The number of likely N-dealkylation sites (tertiary alicyclic amines) is 1. The second-order valence-corrected chi connectivity index (χ2v) is 6.07. The average molecular weight is 209 g/mol. The van der Waals surface area contributed by atoms with Gasteiger partial charge in [-0.3, -0.25) is 4.90 Å². The first-order chi connectivity index (χ1) is 7.27. The van der Waals surface area contributed by atoms with Crippen LogP contribution in [0.1, 0.15) is 51.4 Å². The summed E-state index contributed by atoms with van der Waals surface area (Å²) >= 11 is 0. The van der Waals surface area contributed by atoms with Crippen molar-refractivity contribution in [3.63, 3.8) is 0 Å². The minimum Gasteiger partial charge on any atom is -0.393 e. The first-order valence-electron chi connectivity index (χ1n) is 6.70. The highest BCUT2D eigenvalue weighted by Crippen LogP contribution is 2.47. The smallest absolute Gasteiger partial charge is 0.0541 e. The fraction of sp³-hybridized carbons (Fsp3) is 1.00. The summed E-state index contributed by atoms with van der Waals surface area (Å²) in [5.41, 5.74) is 0.746. The topological polar surface area (TPSA) is 23.5 Å². The van der Waals surface area contributed by atoms with Crippen molar-refractivity contribution >= 4 is 0 Å². The van der Waals surface area contributed by atoms with Crippen LogP contribution in [0.25, 0.3) is 0 Å². The molecular weight excluding hydrogens is 186 g/mol. The monoisotopic (exact) mass is 209 g/mol. The zero-order valence-corrected chi connectivity index (χ0v) is 9.62. The third-order valence-electron chi connectivity index (χ3n) is 4.92. The van der Waals surface area contributed by atoms with Crippen molar-refractivity contribution in [3.8, 4) is 0 Å². The third-order valence-corrected chi connectivity index (χ3v) is 4.92. The molecule has 3 aliphatic rings. The molecule has 0 amide bonds. The lowest BCUT2D eigenvalue weighted by Gasteiger charge is -2.53. The molecule has 0 unspecified atom stereocenters. The Balaban J connectivity index is 1.50. The van der Waals surface area contributed by atoms with Crippen LogP contribution in [0.2, 0.25) is 0 Å². The van der Waals surface area contributed by atoms with Crippen molar-refractivity contribution in [2.24, 2.45) is 5.41 Å². The number of aliphatic hydroxyl groups excluding tert-OH is 1. The highest BCUT2D eigenvalue weighted by molar-refractivity contribution is 5.00. The van der Waals surface area contributed by atoms with Gasteiger partial charge in [0.15, 0.2) is 0 Å². The fourth-order valence-electron chi connectivity index (χ4n) is 3.94. The van der Waals surface area contributed by atoms with E-state index in [2.05, 4.69) is 4.90 Å². The SMILES string of the molecule is OC1CCC(N2CC3(CCCC3)C2)CC1. The summed E-state index contributed by atoms with van der Waals surface area (Å²) in [6.07, 6.45) is 10.5. The van der Waals surface area contributed by atoms with E-state index in [4.69, 9.17) is 0 Å². The summed E-state index contributed by atoms with van der Waals surface area (Å²) in [5, 5.41) is 9.49. The van der Waals surface area contributed by atoms with Crippen molar-refractivity contribution < 1.29 is 5.11 Å². The fourth-order valence-corrected chi connectivity index (χ4v) is 3.94. The molecule has 3 fully saturated rings. The summed E-state index contributed by atoms with van der Waals surface area (Å²) in [7, 11) is 0. The van der Waals surface area contributed by atoms with Crippen LogP contribution in [-0.2, 0) is 0 Å². The second-order valence-electron chi connectivity index (χ2n) is 6.07. The standard InChI is InChI=1S/C13H23NO/c15-12-5-3-11(4-6-12)14-9-13(10-14)7-1-2-8-13/h11-12,15H,1-10H2. The molecule has 15 heavy (non-hydrogen) atoms. The van der Waals surface area contributed by atoms with Crippen molar-refractivity contribution in [1.82, 2.24) is 4.90 Å². The number of rotatable bonds is 1. The van der Waals surface area contributed by atoms with Gasteiger partial charge in [-0.15, -0.1) is 0 Å². The highest BCUT2D eigenvalue weighted by atomic mass is 16.3. The number of nitrogens with zero attached hydrogens (tertiary/aromatic N) is 1. The molecular formula is C13H23NO. The molecule has 0 aromatic carbocycles. The van der Waals surface area contributed by atoms with E-state index < -0.39 is 0 Å². The maximum atomic E-state index is 9.49. The van der Waals surface area contributed by atoms with E-state index in [0.717, 1.165) is 24.3 Å². The summed E-state index contributed by atoms with van der Waals surface area (Å²) in [6.45, 7) is 2.74. The molecule has 1 spiro atoms. The first-order valence-corrected chi connectivity index (χ1v) is 6.70.